The number of nitrogens with one attached hydrogen (secondary N) is 2. The molecule has 218 valence electrons. The van der Waals surface area contributed by atoms with Gasteiger partial charge in [-0.25, -0.2) is 13.4 Å². The number of morpholine rings is 1. The Labute approximate surface area is 232 Å². The second-order valence-corrected chi connectivity index (χ2v) is 12.8. The quantitative estimate of drug-likeness (QED) is 0.469. The van der Waals surface area contributed by atoms with Crippen LogP contribution < -0.4 is 19.8 Å². The molecule has 2 saturated heterocycles. The van der Waals surface area contributed by atoms with E-state index >= 15 is 0 Å². The zero-order chi connectivity index (χ0) is 28.5. The topological polar surface area (TPSA) is 104 Å². The van der Waals surface area contributed by atoms with Crippen LogP contribution in [0.1, 0.15) is 49.4 Å². The highest BCUT2D eigenvalue weighted by Gasteiger charge is 2.44. The van der Waals surface area contributed by atoms with Gasteiger partial charge in [0.2, 0.25) is 10.0 Å². The number of benzene rings is 1. The van der Waals surface area contributed by atoms with Crippen molar-refractivity contribution in [3.8, 4) is 0 Å². The molecular weight excluding hydrogens is 547 g/mol. The van der Waals surface area contributed by atoms with E-state index in [2.05, 4.69) is 19.9 Å². The Bertz CT molecular complexity index is 1340. The Morgan fingerprint density at radius 3 is 2.52 bits per heavy atom. The first-order chi connectivity index (χ1) is 18.9. The van der Waals surface area contributed by atoms with Gasteiger partial charge >= 0.3 is 6.18 Å². The van der Waals surface area contributed by atoms with E-state index in [4.69, 9.17) is 4.74 Å². The highest BCUT2D eigenvalue weighted by molar-refractivity contribution is 7.92. The van der Waals surface area contributed by atoms with Gasteiger partial charge in [0.05, 0.1) is 41.8 Å². The van der Waals surface area contributed by atoms with E-state index in [0.29, 0.717) is 55.3 Å². The van der Waals surface area contributed by atoms with Crippen LogP contribution in [0.15, 0.2) is 36.4 Å². The van der Waals surface area contributed by atoms with E-state index in [9.17, 15) is 26.4 Å². The predicted molar refractivity (Wildman–Crippen MR) is 147 cm³/mol. The molecule has 13 heteroatoms. The summed E-state index contributed by atoms with van der Waals surface area (Å²) in [6.07, 6.45) is -1.64. The Kier molecular flexibility index (Phi) is 7.88. The summed E-state index contributed by atoms with van der Waals surface area (Å²) in [6.45, 7) is 5.36. The van der Waals surface area contributed by atoms with E-state index in [1.54, 1.807) is 6.07 Å². The van der Waals surface area contributed by atoms with Gasteiger partial charge in [-0.15, -0.1) is 0 Å². The number of amides is 1. The Balaban J connectivity index is 1.36. The minimum atomic E-state index is -4.58. The van der Waals surface area contributed by atoms with E-state index in [-0.39, 0.29) is 11.8 Å². The van der Waals surface area contributed by atoms with E-state index in [0.717, 1.165) is 18.7 Å². The Morgan fingerprint density at radius 1 is 1.10 bits per heavy atom. The lowest BCUT2D eigenvalue weighted by atomic mass is 9.93. The summed E-state index contributed by atoms with van der Waals surface area (Å²) in [4.78, 5) is 22.2. The van der Waals surface area contributed by atoms with E-state index in [1.165, 1.54) is 31.0 Å². The summed E-state index contributed by atoms with van der Waals surface area (Å²) in [5.74, 6) is -0.389. The molecule has 1 aromatic carbocycles. The van der Waals surface area contributed by atoms with Crippen molar-refractivity contribution in [1.82, 2.24) is 4.98 Å². The van der Waals surface area contributed by atoms with Gasteiger partial charge in [0.15, 0.2) is 0 Å². The lowest BCUT2D eigenvalue weighted by Gasteiger charge is -2.35. The van der Waals surface area contributed by atoms with Crippen molar-refractivity contribution < 1.29 is 31.1 Å². The van der Waals surface area contributed by atoms with Crippen molar-refractivity contribution in [2.75, 3.05) is 58.4 Å². The van der Waals surface area contributed by atoms with Gasteiger partial charge in [0.25, 0.3) is 5.91 Å². The van der Waals surface area contributed by atoms with Gasteiger partial charge in [-0.2, -0.15) is 13.2 Å². The number of hydrogen-bond donors (Lipinski definition) is 2. The molecule has 3 aliphatic rings. The molecule has 9 nitrogen and oxygen atoms in total. The molecule has 1 atom stereocenters. The monoisotopic (exact) mass is 581 g/mol. The van der Waals surface area contributed by atoms with Gasteiger partial charge in [0, 0.05) is 26.2 Å². The predicted octanol–water partition coefficient (Wildman–Crippen LogP) is 4.63. The Hall–Kier alpha value is -3.06. The summed E-state index contributed by atoms with van der Waals surface area (Å²) in [5.41, 5.74) is 1.35. The maximum Gasteiger partial charge on any atom is 0.390 e. The fourth-order valence-electron chi connectivity index (χ4n) is 5.31. The summed E-state index contributed by atoms with van der Waals surface area (Å²) in [6, 6.07) is 9.82. The van der Waals surface area contributed by atoms with Crippen molar-refractivity contribution in [2.24, 2.45) is 5.41 Å². The molecule has 0 radical (unpaired) electrons. The Morgan fingerprint density at radius 2 is 1.85 bits per heavy atom. The van der Waals surface area contributed by atoms with Crippen LogP contribution in [0.3, 0.4) is 0 Å². The smallest absolute Gasteiger partial charge is 0.375 e. The van der Waals surface area contributed by atoms with Gasteiger partial charge in [-0.05, 0) is 68.4 Å². The van der Waals surface area contributed by atoms with Crippen LogP contribution in [-0.4, -0.2) is 70.1 Å². The molecule has 1 spiro atoms. The minimum Gasteiger partial charge on any atom is -0.375 e. The maximum atomic E-state index is 13.5. The molecule has 0 unspecified atom stereocenters. The molecule has 2 aliphatic heterocycles. The average molecular weight is 582 g/mol. The van der Waals surface area contributed by atoms with Crippen LogP contribution in [-0.2, 0) is 14.8 Å². The van der Waals surface area contributed by atoms with Crippen LogP contribution in [0, 0.1) is 5.41 Å². The average Bonchev–Trinajstić information content (AvgIpc) is 3.66. The SMILES string of the molecule is C[C@@H]1CN(c2cccc(NC(=O)c3ccc(NS(=O)(=O)CCC(F)(F)F)cc3N3CCC4(CC3)CC4)n2)CCO1. The zero-order valence-corrected chi connectivity index (χ0v) is 23.2. The number of aromatic nitrogens is 1. The third-order valence-electron chi connectivity index (χ3n) is 7.83. The van der Waals surface area contributed by atoms with E-state index < -0.39 is 34.3 Å². The molecule has 3 heterocycles. The number of hydrogen-bond acceptors (Lipinski definition) is 7. The highest BCUT2D eigenvalue weighted by atomic mass is 32.2. The van der Waals surface area contributed by atoms with Crippen LogP contribution in [0.4, 0.5) is 36.2 Å². The number of pyridine rings is 1. The van der Waals surface area contributed by atoms with Crippen LogP contribution in [0.25, 0.3) is 0 Å². The fraction of sp³-hybridized carbons (Fsp3) is 0.556. The summed E-state index contributed by atoms with van der Waals surface area (Å²) in [5, 5.41) is 2.86. The number of ether oxygens (including phenoxy) is 1. The van der Waals surface area contributed by atoms with Crippen molar-refractivity contribution in [3.63, 3.8) is 0 Å². The zero-order valence-electron chi connectivity index (χ0n) is 22.3. The molecule has 40 heavy (non-hydrogen) atoms. The molecule has 5 rings (SSSR count). The third-order valence-corrected chi connectivity index (χ3v) is 9.12. The van der Waals surface area contributed by atoms with Crippen molar-refractivity contribution in [1.29, 1.82) is 0 Å². The largest absolute Gasteiger partial charge is 0.390 e. The fourth-order valence-corrected chi connectivity index (χ4v) is 6.40. The minimum absolute atomic E-state index is 0.0695. The number of anilines is 4. The van der Waals surface area contributed by atoms with Crippen molar-refractivity contribution in [3.05, 3.63) is 42.0 Å². The number of carbonyl (C=O) groups excluding carboxylic acids is 1. The lowest BCUT2D eigenvalue weighted by Crippen LogP contribution is -2.41. The normalized spacial score (nSPS) is 20.9. The molecule has 1 saturated carbocycles. The molecule has 1 amide bonds. The first kappa shape index (κ1) is 28.5. The summed E-state index contributed by atoms with van der Waals surface area (Å²) >= 11 is 0. The highest BCUT2D eigenvalue weighted by Crippen LogP contribution is 2.54. The number of piperidine rings is 1. The molecular formula is C27H34F3N5O4S. The standard InChI is InChI=1S/C27H34F3N5O4S/c1-19-18-35(14-15-39-19)24-4-2-3-23(31-24)32-25(36)21-6-5-20(33-40(37,38)16-11-27(28,29)30)17-22(21)34-12-9-26(7-8-26)10-13-34/h2-6,17,19,33H,7-16,18H2,1H3,(H,31,32,36)/t19-/m1/s1. The molecule has 2 aromatic rings. The first-order valence-electron chi connectivity index (χ1n) is 13.5. The summed E-state index contributed by atoms with van der Waals surface area (Å²) < 4.78 is 70.4. The summed E-state index contributed by atoms with van der Waals surface area (Å²) in [7, 11) is -4.24. The number of rotatable bonds is 8. The number of halogens is 3. The first-order valence-corrected chi connectivity index (χ1v) is 15.2. The number of alkyl halides is 3. The second-order valence-electron chi connectivity index (χ2n) is 11.0. The van der Waals surface area contributed by atoms with E-state index in [1.807, 2.05) is 24.0 Å². The number of carbonyl (C=O) groups is 1. The second kappa shape index (κ2) is 11.1. The van der Waals surface area contributed by atoms with Crippen LogP contribution >= 0.6 is 0 Å². The van der Waals surface area contributed by atoms with Crippen LogP contribution in [0.2, 0.25) is 0 Å². The van der Waals surface area contributed by atoms with Gasteiger partial charge < -0.3 is 19.9 Å². The van der Waals surface area contributed by atoms with Gasteiger partial charge in [0.1, 0.15) is 11.6 Å². The van der Waals surface area contributed by atoms with Gasteiger partial charge in [-0.3, -0.25) is 9.52 Å². The molecule has 2 N–H and O–H groups in total. The molecule has 1 aliphatic carbocycles. The van der Waals surface area contributed by atoms with Crippen LogP contribution in [0.5, 0.6) is 0 Å². The van der Waals surface area contributed by atoms with Gasteiger partial charge in [-0.1, -0.05) is 6.07 Å². The van der Waals surface area contributed by atoms with Crippen molar-refractivity contribution >= 4 is 38.9 Å². The number of sulfonamides is 1. The molecule has 1 aromatic heterocycles. The lowest BCUT2D eigenvalue weighted by molar-refractivity contribution is -0.129. The maximum absolute atomic E-state index is 13.5. The van der Waals surface area contributed by atoms with Crippen molar-refractivity contribution in [2.45, 2.75) is 51.3 Å². The number of nitrogens with zero attached hydrogens (tertiary/aromatic N) is 3. The molecule has 3 fully saturated rings. The molecule has 0 bridgehead atoms. The third kappa shape index (κ3) is 7.17.